The van der Waals surface area contributed by atoms with Crippen LogP contribution in [-0.2, 0) is 0 Å². The molecule has 4 N–H and O–H groups in total. The molecule has 0 amide bonds. The lowest BCUT2D eigenvalue weighted by Crippen LogP contribution is -1.92. The van der Waals surface area contributed by atoms with Crippen molar-refractivity contribution in [2.45, 2.75) is 13.8 Å². The summed E-state index contributed by atoms with van der Waals surface area (Å²) in [5, 5.41) is 2.29. The van der Waals surface area contributed by atoms with Crippen LogP contribution in [0, 0.1) is 0 Å². The van der Waals surface area contributed by atoms with E-state index in [4.69, 9.17) is 21.2 Å². The third kappa shape index (κ3) is 4.86. The predicted octanol–water partition coefficient (Wildman–Crippen LogP) is 7.44. The largest absolute Gasteiger partial charge is 0.497 e. The van der Waals surface area contributed by atoms with Crippen LogP contribution in [-0.4, -0.2) is 12.1 Å². The van der Waals surface area contributed by atoms with Gasteiger partial charge in [0.25, 0.3) is 0 Å². The molecule has 0 atom stereocenters. The molecular formula is C30H29N3O. The molecule has 0 saturated carbocycles. The smallest absolute Gasteiger partial charge is 0.119 e. The van der Waals surface area contributed by atoms with Crippen molar-refractivity contribution in [3.8, 4) is 39.4 Å². The van der Waals surface area contributed by atoms with Crippen molar-refractivity contribution in [1.29, 1.82) is 0 Å². The van der Waals surface area contributed by atoms with Crippen molar-refractivity contribution in [2.24, 2.45) is 0 Å². The molecule has 0 saturated heterocycles. The monoisotopic (exact) mass is 447 g/mol. The molecule has 0 aliphatic rings. The third-order valence-electron chi connectivity index (χ3n) is 5.62. The number of anilines is 2. The number of rotatable bonds is 4. The summed E-state index contributed by atoms with van der Waals surface area (Å²) in [4.78, 5) is 4.95. The molecule has 0 aliphatic heterocycles. The first-order valence-corrected chi connectivity index (χ1v) is 11.4. The molecule has 0 aliphatic carbocycles. The minimum absolute atomic E-state index is 0.730. The van der Waals surface area contributed by atoms with Crippen LogP contribution in [0.3, 0.4) is 0 Å². The molecule has 4 nitrogen and oxygen atoms in total. The van der Waals surface area contributed by atoms with Crippen LogP contribution in [0.4, 0.5) is 11.4 Å². The first kappa shape index (κ1) is 22.9. The Morgan fingerprint density at radius 3 is 1.53 bits per heavy atom. The van der Waals surface area contributed by atoms with E-state index >= 15 is 0 Å². The molecule has 5 rings (SSSR count). The summed E-state index contributed by atoms with van der Waals surface area (Å²) < 4.78 is 5.36. The summed E-state index contributed by atoms with van der Waals surface area (Å²) in [6, 6.07) is 32.4. The molecule has 1 heterocycles. The fourth-order valence-electron chi connectivity index (χ4n) is 3.83. The Morgan fingerprint density at radius 2 is 1.00 bits per heavy atom. The summed E-state index contributed by atoms with van der Waals surface area (Å²) in [6.07, 6.45) is 0. The van der Waals surface area contributed by atoms with Crippen molar-refractivity contribution >= 4 is 22.1 Å². The number of hydrogen-bond donors (Lipinski definition) is 2. The highest BCUT2D eigenvalue weighted by Gasteiger charge is 2.10. The Balaban J connectivity index is 0.00000133. The first-order valence-electron chi connectivity index (χ1n) is 11.4. The highest BCUT2D eigenvalue weighted by Crippen LogP contribution is 2.33. The van der Waals surface area contributed by atoms with Gasteiger partial charge in [-0.3, -0.25) is 0 Å². The van der Waals surface area contributed by atoms with Gasteiger partial charge >= 0.3 is 0 Å². The number of pyridine rings is 1. The van der Waals surface area contributed by atoms with E-state index in [-0.39, 0.29) is 0 Å². The fourth-order valence-corrected chi connectivity index (χ4v) is 3.83. The van der Waals surface area contributed by atoms with E-state index in [1.54, 1.807) is 7.11 Å². The van der Waals surface area contributed by atoms with Crippen LogP contribution in [0.15, 0.2) is 97.1 Å². The lowest BCUT2D eigenvalue weighted by molar-refractivity contribution is 0.415. The lowest BCUT2D eigenvalue weighted by Gasteiger charge is -2.12. The molecule has 0 spiro atoms. The molecule has 0 radical (unpaired) electrons. The summed E-state index contributed by atoms with van der Waals surface area (Å²) in [5.41, 5.74) is 19.3. The predicted molar refractivity (Wildman–Crippen MR) is 145 cm³/mol. The highest BCUT2D eigenvalue weighted by atomic mass is 16.5. The SMILES string of the molecule is CC.COc1ccc2cc(-c3cc(-c4ccc(N)cc4)nc(-c4ccc(N)cc4)c3)ccc2c1. The van der Waals surface area contributed by atoms with Crippen molar-refractivity contribution in [1.82, 2.24) is 4.98 Å². The van der Waals surface area contributed by atoms with E-state index in [2.05, 4.69) is 36.4 Å². The van der Waals surface area contributed by atoms with Gasteiger partial charge in [-0.05, 0) is 76.5 Å². The zero-order valence-electron chi connectivity index (χ0n) is 19.7. The van der Waals surface area contributed by atoms with Crippen LogP contribution < -0.4 is 16.2 Å². The van der Waals surface area contributed by atoms with Crippen LogP contribution in [0.1, 0.15) is 13.8 Å². The van der Waals surface area contributed by atoms with E-state index in [1.165, 1.54) is 0 Å². The van der Waals surface area contributed by atoms with Gasteiger partial charge in [0.15, 0.2) is 0 Å². The minimum atomic E-state index is 0.730. The number of aromatic nitrogens is 1. The fraction of sp³-hybridized carbons (Fsp3) is 0.100. The molecule has 4 heteroatoms. The average Bonchev–Trinajstić information content (AvgIpc) is 2.90. The first-order chi connectivity index (χ1) is 16.6. The van der Waals surface area contributed by atoms with Crippen LogP contribution in [0.2, 0.25) is 0 Å². The topological polar surface area (TPSA) is 74.2 Å². The van der Waals surface area contributed by atoms with Crippen molar-refractivity contribution < 1.29 is 4.74 Å². The van der Waals surface area contributed by atoms with Gasteiger partial charge in [-0.1, -0.05) is 56.3 Å². The standard InChI is InChI=1S/C28H23N3O.C2H6/c1-32-26-13-8-20-14-21(2-3-22(20)15-26)23-16-27(18-4-9-24(29)10-5-18)31-28(17-23)19-6-11-25(30)12-7-19;1-2/h2-17H,29-30H2,1H3;1-2H3. The molecule has 170 valence electrons. The second kappa shape index (κ2) is 10.1. The molecular weight excluding hydrogens is 418 g/mol. The van der Waals surface area contributed by atoms with Gasteiger partial charge in [0.2, 0.25) is 0 Å². The van der Waals surface area contributed by atoms with Crippen LogP contribution in [0.5, 0.6) is 5.75 Å². The van der Waals surface area contributed by atoms with Gasteiger partial charge in [0, 0.05) is 22.5 Å². The minimum Gasteiger partial charge on any atom is -0.497 e. The highest BCUT2D eigenvalue weighted by molar-refractivity contribution is 5.89. The van der Waals surface area contributed by atoms with Crippen molar-refractivity contribution in [3.05, 3.63) is 97.1 Å². The molecule has 34 heavy (non-hydrogen) atoms. The van der Waals surface area contributed by atoms with Crippen LogP contribution in [0.25, 0.3) is 44.4 Å². The lowest BCUT2D eigenvalue weighted by atomic mass is 9.97. The van der Waals surface area contributed by atoms with Gasteiger partial charge in [-0.15, -0.1) is 0 Å². The number of hydrogen-bond acceptors (Lipinski definition) is 4. The Hall–Kier alpha value is -4.31. The van der Waals surface area contributed by atoms with E-state index in [9.17, 15) is 0 Å². The van der Waals surface area contributed by atoms with Gasteiger partial charge < -0.3 is 16.2 Å². The summed E-state index contributed by atoms with van der Waals surface area (Å²) in [5.74, 6) is 0.852. The second-order valence-corrected chi connectivity index (χ2v) is 7.80. The van der Waals surface area contributed by atoms with E-state index in [1.807, 2.05) is 74.5 Å². The van der Waals surface area contributed by atoms with Crippen molar-refractivity contribution in [3.63, 3.8) is 0 Å². The maximum absolute atomic E-state index is 5.89. The Bertz CT molecular complexity index is 1340. The molecule has 4 aromatic carbocycles. The van der Waals surface area contributed by atoms with Gasteiger partial charge in [-0.2, -0.15) is 0 Å². The zero-order valence-corrected chi connectivity index (χ0v) is 19.7. The number of ether oxygens (including phenoxy) is 1. The molecule has 1 aromatic heterocycles. The number of benzene rings is 4. The number of nitrogens with zero attached hydrogens (tertiary/aromatic N) is 1. The van der Waals surface area contributed by atoms with E-state index < -0.39 is 0 Å². The normalized spacial score (nSPS) is 10.4. The van der Waals surface area contributed by atoms with E-state index in [0.717, 1.165) is 61.5 Å². The van der Waals surface area contributed by atoms with Crippen molar-refractivity contribution in [2.75, 3.05) is 18.6 Å². The number of methoxy groups -OCH3 is 1. The zero-order chi connectivity index (χ0) is 24.1. The van der Waals surface area contributed by atoms with Crippen LogP contribution >= 0.6 is 0 Å². The number of nitrogens with two attached hydrogens (primary N) is 2. The maximum Gasteiger partial charge on any atom is 0.119 e. The second-order valence-electron chi connectivity index (χ2n) is 7.80. The molecule has 0 unspecified atom stereocenters. The Kier molecular flexibility index (Phi) is 6.79. The van der Waals surface area contributed by atoms with Gasteiger partial charge in [0.05, 0.1) is 18.5 Å². The summed E-state index contributed by atoms with van der Waals surface area (Å²) >= 11 is 0. The summed E-state index contributed by atoms with van der Waals surface area (Å²) in [6.45, 7) is 4.00. The number of nitrogen functional groups attached to an aromatic ring is 2. The Labute approximate surface area is 200 Å². The number of fused-ring (bicyclic) bond motifs is 1. The Morgan fingerprint density at radius 1 is 0.529 bits per heavy atom. The quantitative estimate of drug-likeness (QED) is 0.281. The maximum atomic E-state index is 5.89. The third-order valence-corrected chi connectivity index (χ3v) is 5.62. The van der Waals surface area contributed by atoms with E-state index in [0.29, 0.717) is 0 Å². The molecule has 0 bridgehead atoms. The summed E-state index contributed by atoms with van der Waals surface area (Å²) in [7, 11) is 1.68. The van der Waals surface area contributed by atoms with Gasteiger partial charge in [-0.25, -0.2) is 4.98 Å². The molecule has 5 aromatic rings. The molecule has 0 fully saturated rings. The van der Waals surface area contributed by atoms with Gasteiger partial charge in [0.1, 0.15) is 5.75 Å². The average molecular weight is 448 g/mol.